The molecule has 0 aromatic carbocycles. The number of aromatic nitrogens is 1. The fourth-order valence-corrected chi connectivity index (χ4v) is 0.673. The maximum atomic E-state index is 5.18. The van der Waals surface area contributed by atoms with Crippen molar-refractivity contribution in [3.05, 3.63) is 30.1 Å². The molecule has 0 bridgehead atoms. The first kappa shape index (κ1) is 5.84. The molecule has 0 saturated heterocycles. The van der Waals surface area contributed by atoms with E-state index in [-0.39, 0.29) is 0 Å². The molecule has 0 aliphatic carbocycles. The summed E-state index contributed by atoms with van der Waals surface area (Å²) in [7, 11) is 1.93. The van der Waals surface area contributed by atoms with Crippen molar-refractivity contribution in [1.82, 2.24) is 0 Å². The SMILES string of the molecule is C#Cc1cccc[n+]1C. The molecule has 0 amide bonds. The summed E-state index contributed by atoms with van der Waals surface area (Å²) in [5, 5.41) is 0. The highest BCUT2D eigenvalue weighted by Crippen LogP contribution is 1.84. The number of aryl methyl sites for hydroxylation is 1. The molecule has 0 atom stereocenters. The molecular weight excluding hydrogens is 110 g/mol. The first-order chi connectivity index (χ1) is 4.34. The van der Waals surface area contributed by atoms with Crippen LogP contribution in [0.3, 0.4) is 0 Å². The van der Waals surface area contributed by atoms with E-state index in [9.17, 15) is 0 Å². The van der Waals surface area contributed by atoms with Gasteiger partial charge in [0.05, 0.1) is 0 Å². The largest absolute Gasteiger partial charge is 0.256 e. The molecule has 44 valence electrons. The predicted octanol–water partition coefficient (Wildman–Crippen LogP) is 0.492. The van der Waals surface area contributed by atoms with Crippen LogP contribution in [0.15, 0.2) is 24.4 Å². The zero-order chi connectivity index (χ0) is 6.69. The van der Waals surface area contributed by atoms with Crippen LogP contribution >= 0.6 is 0 Å². The Hall–Kier alpha value is -1.29. The van der Waals surface area contributed by atoms with Gasteiger partial charge in [-0.15, -0.1) is 6.42 Å². The maximum Gasteiger partial charge on any atom is 0.256 e. The molecule has 0 fully saturated rings. The number of terminal acetylenes is 1. The molecule has 1 rings (SSSR count). The van der Waals surface area contributed by atoms with E-state index in [1.807, 2.05) is 36.0 Å². The minimum absolute atomic E-state index is 0.900. The van der Waals surface area contributed by atoms with Gasteiger partial charge in [-0.3, -0.25) is 0 Å². The van der Waals surface area contributed by atoms with E-state index < -0.39 is 0 Å². The summed E-state index contributed by atoms with van der Waals surface area (Å²) in [6, 6.07) is 5.77. The molecule has 0 aliphatic heterocycles. The second-order valence-corrected chi connectivity index (χ2v) is 1.84. The number of hydrogen-bond donors (Lipinski definition) is 0. The third-order valence-electron chi connectivity index (χ3n) is 1.20. The molecule has 0 aliphatic rings. The van der Waals surface area contributed by atoms with Crippen LogP contribution in [0.1, 0.15) is 5.69 Å². The topological polar surface area (TPSA) is 3.88 Å². The van der Waals surface area contributed by atoms with Crippen molar-refractivity contribution < 1.29 is 4.57 Å². The molecular formula is C8H8N+. The van der Waals surface area contributed by atoms with Gasteiger partial charge >= 0.3 is 0 Å². The minimum atomic E-state index is 0.900. The normalized spacial score (nSPS) is 8.44. The number of hydrogen-bond acceptors (Lipinski definition) is 0. The van der Waals surface area contributed by atoms with Gasteiger partial charge in [-0.2, -0.15) is 4.57 Å². The van der Waals surface area contributed by atoms with E-state index in [1.165, 1.54) is 0 Å². The quantitative estimate of drug-likeness (QED) is 0.345. The second-order valence-electron chi connectivity index (χ2n) is 1.84. The Morgan fingerprint density at radius 1 is 1.56 bits per heavy atom. The van der Waals surface area contributed by atoms with Crippen molar-refractivity contribution in [3.63, 3.8) is 0 Å². The van der Waals surface area contributed by atoms with Crippen LogP contribution in [-0.4, -0.2) is 0 Å². The van der Waals surface area contributed by atoms with Crippen LogP contribution < -0.4 is 4.57 Å². The molecule has 1 aromatic heterocycles. The molecule has 0 unspecified atom stereocenters. The van der Waals surface area contributed by atoms with Crippen molar-refractivity contribution in [1.29, 1.82) is 0 Å². The fraction of sp³-hybridized carbons (Fsp3) is 0.125. The molecule has 0 saturated carbocycles. The van der Waals surface area contributed by atoms with E-state index in [2.05, 4.69) is 5.92 Å². The van der Waals surface area contributed by atoms with Gasteiger partial charge in [-0.05, 0) is 12.0 Å². The van der Waals surface area contributed by atoms with Crippen molar-refractivity contribution in [2.45, 2.75) is 0 Å². The predicted molar refractivity (Wildman–Crippen MR) is 35.6 cm³/mol. The van der Waals surface area contributed by atoms with Crippen molar-refractivity contribution in [2.75, 3.05) is 0 Å². The third kappa shape index (κ3) is 1.09. The average molecular weight is 118 g/mol. The molecule has 0 radical (unpaired) electrons. The third-order valence-corrected chi connectivity index (χ3v) is 1.20. The summed E-state index contributed by atoms with van der Waals surface area (Å²) in [5.74, 6) is 2.56. The van der Waals surface area contributed by atoms with E-state index in [4.69, 9.17) is 6.42 Å². The van der Waals surface area contributed by atoms with Crippen molar-refractivity contribution >= 4 is 0 Å². The number of rotatable bonds is 0. The summed E-state index contributed by atoms with van der Waals surface area (Å²) in [4.78, 5) is 0. The first-order valence-electron chi connectivity index (χ1n) is 2.76. The summed E-state index contributed by atoms with van der Waals surface area (Å²) in [6.45, 7) is 0. The van der Waals surface area contributed by atoms with Gasteiger partial charge in [0.25, 0.3) is 5.69 Å². The summed E-state index contributed by atoms with van der Waals surface area (Å²) >= 11 is 0. The Balaban J connectivity index is 3.20. The molecule has 1 aromatic rings. The summed E-state index contributed by atoms with van der Waals surface area (Å²) in [6.07, 6.45) is 7.11. The van der Waals surface area contributed by atoms with Crippen LogP contribution in [0, 0.1) is 12.3 Å². The van der Waals surface area contributed by atoms with Crippen LogP contribution in [0.2, 0.25) is 0 Å². The van der Waals surface area contributed by atoms with Crippen LogP contribution in [-0.2, 0) is 7.05 Å². The zero-order valence-electron chi connectivity index (χ0n) is 5.33. The highest BCUT2D eigenvalue weighted by atomic mass is 14.9. The molecule has 1 heterocycles. The van der Waals surface area contributed by atoms with Gasteiger partial charge in [0.2, 0.25) is 0 Å². The highest BCUT2D eigenvalue weighted by molar-refractivity contribution is 5.17. The molecule has 0 N–H and O–H groups in total. The monoisotopic (exact) mass is 118 g/mol. The molecule has 1 heteroatoms. The summed E-state index contributed by atoms with van der Waals surface area (Å²) in [5.41, 5.74) is 0.900. The molecule has 9 heavy (non-hydrogen) atoms. The second kappa shape index (κ2) is 2.32. The maximum absolute atomic E-state index is 5.18. The van der Waals surface area contributed by atoms with Crippen LogP contribution in [0.25, 0.3) is 0 Å². The van der Waals surface area contributed by atoms with E-state index in [1.54, 1.807) is 0 Å². The van der Waals surface area contributed by atoms with E-state index >= 15 is 0 Å². The number of pyridine rings is 1. The van der Waals surface area contributed by atoms with E-state index in [0.717, 1.165) is 5.69 Å². The van der Waals surface area contributed by atoms with Gasteiger partial charge in [-0.1, -0.05) is 0 Å². The fourth-order valence-electron chi connectivity index (χ4n) is 0.673. The Morgan fingerprint density at radius 3 is 2.78 bits per heavy atom. The molecule has 1 nitrogen and oxygen atoms in total. The smallest absolute Gasteiger partial charge is 0.194 e. The Bertz CT molecular complexity index is 245. The van der Waals surface area contributed by atoms with Gasteiger partial charge < -0.3 is 0 Å². The van der Waals surface area contributed by atoms with Crippen molar-refractivity contribution in [3.8, 4) is 12.3 Å². The Kier molecular flexibility index (Phi) is 1.51. The molecule has 0 spiro atoms. The van der Waals surface area contributed by atoms with Crippen LogP contribution in [0.4, 0.5) is 0 Å². The van der Waals surface area contributed by atoms with Gasteiger partial charge in [0.1, 0.15) is 7.05 Å². The van der Waals surface area contributed by atoms with Crippen molar-refractivity contribution in [2.24, 2.45) is 7.05 Å². The number of nitrogens with zero attached hydrogens (tertiary/aromatic N) is 1. The Morgan fingerprint density at radius 2 is 2.33 bits per heavy atom. The minimum Gasteiger partial charge on any atom is -0.194 e. The highest BCUT2D eigenvalue weighted by Gasteiger charge is 1.95. The van der Waals surface area contributed by atoms with Crippen LogP contribution in [0.5, 0.6) is 0 Å². The first-order valence-corrected chi connectivity index (χ1v) is 2.76. The lowest BCUT2D eigenvalue weighted by atomic mass is 10.3. The summed E-state index contributed by atoms with van der Waals surface area (Å²) < 4.78 is 1.90. The lowest BCUT2D eigenvalue weighted by molar-refractivity contribution is -0.673. The van der Waals surface area contributed by atoms with E-state index in [0.29, 0.717) is 0 Å². The zero-order valence-corrected chi connectivity index (χ0v) is 5.33. The Labute approximate surface area is 55.0 Å². The lowest BCUT2D eigenvalue weighted by Gasteiger charge is -1.86. The van der Waals surface area contributed by atoms with Gasteiger partial charge in [-0.25, -0.2) is 0 Å². The lowest BCUT2D eigenvalue weighted by Crippen LogP contribution is -2.30. The van der Waals surface area contributed by atoms with Gasteiger partial charge in [0, 0.05) is 12.1 Å². The average Bonchev–Trinajstić information content (AvgIpc) is 1.89. The van der Waals surface area contributed by atoms with Gasteiger partial charge in [0.15, 0.2) is 6.20 Å². The standard InChI is InChI=1S/C8H8N/c1-3-8-6-4-5-7-9(8)2/h1,4-7H,2H3/q+1.